The van der Waals surface area contributed by atoms with Crippen LogP contribution in [0.2, 0.25) is 0 Å². The van der Waals surface area contributed by atoms with Crippen molar-refractivity contribution in [3.63, 3.8) is 0 Å². The number of unbranched alkanes of at least 4 members (excludes halogenated alkanes) is 13. The SMILES string of the molecule is CCCCCCCCCCCCCCCCOc1ccc(C(=O)CC(=O)C2C=CC=C2)cc1Br. The molecule has 34 heavy (non-hydrogen) atoms. The third kappa shape index (κ3) is 11.6. The van der Waals surface area contributed by atoms with Gasteiger partial charge in [-0.2, -0.15) is 0 Å². The quantitative estimate of drug-likeness (QED) is 0.0957. The second kappa shape index (κ2) is 17.7. The van der Waals surface area contributed by atoms with Crippen molar-refractivity contribution in [2.75, 3.05) is 6.61 Å². The molecule has 0 amide bonds. The molecule has 1 aromatic rings. The van der Waals surface area contributed by atoms with Gasteiger partial charge >= 0.3 is 0 Å². The molecule has 0 fully saturated rings. The summed E-state index contributed by atoms with van der Waals surface area (Å²) in [4.78, 5) is 24.6. The first-order chi connectivity index (χ1) is 16.6. The van der Waals surface area contributed by atoms with E-state index in [0.717, 1.165) is 16.6 Å². The number of hydrogen-bond donors (Lipinski definition) is 0. The molecule has 0 saturated heterocycles. The Balaban J connectivity index is 1.49. The number of ketones is 2. The first-order valence-electron chi connectivity index (χ1n) is 13.4. The summed E-state index contributed by atoms with van der Waals surface area (Å²) in [6.07, 6.45) is 26.0. The number of carbonyl (C=O) groups is 2. The molecule has 3 nitrogen and oxygen atoms in total. The van der Waals surface area contributed by atoms with Crippen molar-refractivity contribution in [2.24, 2.45) is 5.92 Å². The third-order valence-electron chi connectivity index (χ3n) is 6.46. The Labute approximate surface area is 215 Å². The summed E-state index contributed by atoms with van der Waals surface area (Å²) in [5.74, 6) is 0.265. The fourth-order valence-corrected chi connectivity index (χ4v) is 4.79. The second-order valence-electron chi connectivity index (χ2n) is 9.45. The maximum Gasteiger partial charge on any atom is 0.170 e. The van der Waals surface area contributed by atoms with E-state index in [4.69, 9.17) is 4.74 Å². The Morgan fingerprint density at radius 2 is 1.32 bits per heavy atom. The number of hydrogen-bond acceptors (Lipinski definition) is 3. The normalized spacial score (nSPS) is 13.0. The Bertz CT molecular complexity index is 784. The van der Waals surface area contributed by atoms with Gasteiger partial charge < -0.3 is 4.74 Å². The minimum atomic E-state index is -0.264. The summed E-state index contributed by atoms with van der Waals surface area (Å²) < 4.78 is 6.66. The molecule has 4 heteroatoms. The van der Waals surface area contributed by atoms with Gasteiger partial charge in [-0.25, -0.2) is 0 Å². The van der Waals surface area contributed by atoms with Gasteiger partial charge in [0.15, 0.2) is 11.6 Å². The summed E-state index contributed by atoms with van der Waals surface area (Å²) >= 11 is 3.51. The molecule has 2 rings (SSSR count). The summed E-state index contributed by atoms with van der Waals surface area (Å²) in [5.41, 5.74) is 0.537. The van der Waals surface area contributed by atoms with Gasteiger partial charge in [-0.05, 0) is 40.5 Å². The van der Waals surface area contributed by atoms with Crippen LogP contribution in [0.3, 0.4) is 0 Å². The molecule has 0 heterocycles. The zero-order valence-corrected chi connectivity index (χ0v) is 22.6. The van der Waals surface area contributed by atoms with Crippen LogP contribution in [0, 0.1) is 5.92 Å². The number of rotatable bonds is 20. The summed E-state index contributed by atoms with van der Waals surface area (Å²) in [6.45, 7) is 2.96. The lowest BCUT2D eigenvalue weighted by Crippen LogP contribution is -2.14. The zero-order chi connectivity index (χ0) is 24.4. The Kier molecular flexibility index (Phi) is 14.9. The number of ether oxygens (including phenoxy) is 1. The minimum absolute atomic E-state index is 0.0655. The molecule has 0 radical (unpaired) electrons. The topological polar surface area (TPSA) is 43.4 Å². The van der Waals surface area contributed by atoms with Gasteiger partial charge in [-0.15, -0.1) is 0 Å². The van der Waals surface area contributed by atoms with Gasteiger partial charge in [0.1, 0.15) is 5.75 Å². The number of benzene rings is 1. The third-order valence-corrected chi connectivity index (χ3v) is 7.08. The predicted molar refractivity (Wildman–Crippen MR) is 146 cm³/mol. The fraction of sp³-hybridized carbons (Fsp3) is 0.600. The van der Waals surface area contributed by atoms with Crippen LogP contribution in [0.4, 0.5) is 0 Å². The molecule has 1 aliphatic carbocycles. The van der Waals surface area contributed by atoms with Crippen LogP contribution in [0.15, 0.2) is 47.0 Å². The first-order valence-corrected chi connectivity index (χ1v) is 14.2. The highest BCUT2D eigenvalue weighted by Gasteiger charge is 2.19. The average molecular weight is 532 g/mol. The Morgan fingerprint density at radius 3 is 1.85 bits per heavy atom. The Morgan fingerprint density at radius 1 is 0.794 bits per heavy atom. The van der Waals surface area contributed by atoms with E-state index in [-0.39, 0.29) is 23.9 Å². The highest BCUT2D eigenvalue weighted by Crippen LogP contribution is 2.27. The van der Waals surface area contributed by atoms with Crippen LogP contribution >= 0.6 is 15.9 Å². The van der Waals surface area contributed by atoms with E-state index in [0.29, 0.717) is 12.2 Å². The van der Waals surface area contributed by atoms with Gasteiger partial charge in [0.2, 0.25) is 0 Å². The predicted octanol–water partition coefficient (Wildman–Crippen LogP) is 9.19. The largest absolute Gasteiger partial charge is 0.492 e. The Hall–Kier alpha value is -1.68. The lowest BCUT2D eigenvalue weighted by molar-refractivity contribution is -0.119. The number of halogens is 1. The standard InChI is InChI=1S/C30H43BrO3/c1-2-3-4-5-6-7-8-9-10-11-12-13-14-17-22-34-30-21-20-26(23-27(30)31)29(33)24-28(32)25-18-15-16-19-25/h15-16,18-21,23,25H,2-14,17,22,24H2,1H3. The number of carbonyl (C=O) groups excluding carboxylic acids is 2. The maximum absolute atomic E-state index is 12.5. The molecule has 0 saturated carbocycles. The van der Waals surface area contributed by atoms with Crippen molar-refractivity contribution < 1.29 is 14.3 Å². The van der Waals surface area contributed by atoms with Crippen LogP contribution in [-0.2, 0) is 4.79 Å². The molecule has 0 N–H and O–H groups in total. The van der Waals surface area contributed by atoms with Crippen LogP contribution in [0.1, 0.15) is 114 Å². The molecular weight excluding hydrogens is 488 g/mol. The van der Waals surface area contributed by atoms with Gasteiger partial charge in [0.05, 0.1) is 23.4 Å². The molecular formula is C30H43BrO3. The molecule has 0 aliphatic heterocycles. The van der Waals surface area contributed by atoms with E-state index < -0.39 is 0 Å². The summed E-state index contributed by atoms with van der Waals surface area (Å²) in [5, 5.41) is 0. The smallest absolute Gasteiger partial charge is 0.170 e. The molecule has 188 valence electrons. The molecule has 1 aromatic carbocycles. The molecule has 0 bridgehead atoms. The van der Waals surface area contributed by atoms with E-state index in [1.54, 1.807) is 12.1 Å². The van der Waals surface area contributed by atoms with Crippen molar-refractivity contribution >= 4 is 27.5 Å². The number of allylic oxidation sites excluding steroid dienone is 4. The van der Waals surface area contributed by atoms with Crippen LogP contribution in [-0.4, -0.2) is 18.2 Å². The fourth-order valence-electron chi connectivity index (χ4n) is 4.29. The average Bonchev–Trinajstić information content (AvgIpc) is 3.37. The van der Waals surface area contributed by atoms with Gasteiger partial charge in [0.25, 0.3) is 0 Å². The lowest BCUT2D eigenvalue weighted by Gasteiger charge is -2.10. The van der Waals surface area contributed by atoms with Crippen molar-refractivity contribution in [1.29, 1.82) is 0 Å². The van der Waals surface area contributed by atoms with Crippen molar-refractivity contribution in [1.82, 2.24) is 0 Å². The van der Waals surface area contributed by atoms with E-state index in [1.807, 2.05) is 30.4 Å². The second-order valence-corrected chi connectivity index (χ2v) is 10.3. The molecule has 0 spiro atoms. The van der Waals surface area contributed by atoms with Crippen molar-refractivity contribution in [2.45, 2.75) is 103 Å². The molecule has 0 unspecified atom stereocenters. The van der Waals surface area contributed by atoms with E-state index in [2.05, 4.69) is 22.9 Å². The zero-order valence-electron chi connectivity index (χ0n) is 21.0. The van der Waals surface area contributed by atoms with E-state index >= 15 is 0 Å². The van der Waals surface area contributed by atoms with Crippen molar-refractivity contribution in [3.8, 4) is 5.75 Å². The van der Waals surface area contributed by atoms with Gasteiger partial charge in [-0.3, -0.25) is 9.59 Å². The van der Waals surface area contributed by atoms with Crippen LogP contribution < -0.4 is 4.74 Å². The van der Waals surface area contributed by atoms with E-state index in [9.17, 15) is 9.59 Å². The molecule has 0 aromatic heterocycles. The van der Waals surface area contributed by atoms with Gasteiger partial charge in [0, 0.05) is 5.56 Å². The molecule has 0 atom stereocenters. The highest BCUT2D eigenvalue weighted by atomic mass is 79.9. The monoisotopic (exact) mass is 530 g/mol. The number of Topliss-reactive ketones (excluding diaryl/α,β-unsaturated/α-hetero) is 2. The minimum Gasteiger partial charge on any atom is -0.492 e. The lowest BCUT2D eigenvalue weighted by atomic mass is 9.98. The maximum atomic E-state index is 12.5. The van der Waals surface area contributed by atoms with Crippen LogP contribution in [0.25, 0.3) is 0 Å². The van der Waals surface area contributed by atoms with Crippen molar-refractivity contribution in [3.05, 3.63) is 52.5 Å². The first kappa shape index (κ1) is 28.6. The van der Waals surface area contributed by atoms with Gasteiger partial charge in [-0.1, -0.05) is 115 Å². The van der Waals surface area contributed by atoms with E-state index in [1.165, 1.54) is 83.5 Å². The highest BCUT2D eigenvalue weighted by molar-refractivity contribution is 9.10. The van der Waals surface area contributed by atoms with Crippen LogP contribution in [0.5, 0.6) is 5.75 Å². The summed E-state index contributed by atoms with van der Waals surface area (Å²) in [7, 11) is 0. The summed E-state index contributed by atoms with van der Waals surface area (Å²) in [6, 6.07) is 5.33. The molecule has 1 aliphatic rings.